The van der Waals surface area contributed by atoms with Crippen LogP contribution >= 0.6 is 11.6 Å². The molecule has 0 radical (unpaired) electrons. The molecule has 0 bridgehead atoms. The Bertz CT molecular complexity index is 366. The van der Waals surface area contributed by atoms with Gasteiger partial charge in [-0.1, -0.05) is 11.6 Å². The number of halogens is 1. The molecule has 0 aliphatic carbocycles. The van der Waals surface area contributed by atoms with Crippen LogP contribution in [-0.2, 0) is 6.67 Å². The fraction of sp³-hybridized carbons (Fsp3) is 0.143. The summed E-state index contributed by atoms with van der Waals surface area (Å²) < 4.78 is 3.35. The van der Waals surface area contributed by atoms with Crippen LogP contribution in [0.1, 0.15) is 0 Å². The Kier molecular flexibility index (Phi) is 1.94. The lowest BCUT2D eigenvalue weighted by molar-refractivity contribution is 0.503. The van der Waals surface area contributed by atoms with E-state index in [0.717, 1.165) is 0 Å². The highest BCUT2D eigenvalue weighted by Crippen LogP contribution is 2.05. The van der Waals surface area contributed by atoms with Crippen molar-refractivity contribution in [1.29, 1.82) is 0 Å². The summed E-state index contributed by atoms with van der Waals surface area (Å²) in [4.78, 5) is 0. The number of nitrogen functional groups attached to an aromatic ring is 1. The molecule has 2 aromatic rings. The van der Waals surface area contributed by atoms with Gasteiger partial charge in [0.05, 0.1) is 29.3 Å². The molecule has 6 heteroatoms. The van der Waals surface area contributed by atoms with Crippen molar-refractivity contribution in [3.63, 3.8) is 0 Å². The van der Waals surface area contributed by atoms with Crippen LogP contribution in [0.25, 0.3) is 0 Å². The van der Waals surface area contributed by atoms with E-state index in [1.54, 1.807) is 34.2 Å². The van der Waals surface area contributed by atoms with Crippen molar-refractivity contribution < 1.29 is 0 Å². The summed E-state index contributed by atoms with van der Waals surface area (Å²) in [6.45, 7) is 0.518. The van der Waals surface area contributed by atoms with Crippen molar-refractivity contribution in [2.45, 2.75) is 6.67 Å². The van der Waals surface area contributed by atoms with Crippen LogP contribution in [0.4, 0.5) is 5.69 Å². The van der Waals surface area contributed by atoms with Crippen LogP contribution < -0.4 is 5.73 Å². The number of rotatable bonds is 2. The molecule has 0 fully saturated rings. The topological polar surface area (TPSA) is 61.7 Å². The minimum Gasteiger partial charge on any atom is -0.396 e. The van der Waals surface area contributed by atoms with Gasteiger partial charge >= 0.3 is 0 Å². The maximum atomic E-state index is 5.69. The van der Waals surface area contributed by atoms with Gasteiger partial charge < -0.3 is 5.73 Å². The first-order valence-electron chi connectivity index (χ1n) is 3.70. The van der Waals surface area contributed by atoms with Gasteiger partial charge in [0.1, 0.15) is 6.67 Å². The minimum absolute atomic E-state index is 0.518. The highest BCUT2D eigenvalue weighted by molar-refractivity contribution is 6.30. The van der Waals surface area contributed by atoms with E-state index >= 15 is 0 Å². The second-order valence-electron chi connectivity index (χ2n) is 2.65. The Morgan fingerprint density at radius 2 is 1.92 bits per heavy atom. The number of hydrogen-bond acceptors (Lipinski definition) is 3. The van der Waals surface area contributed by atoms with Gasteiger partial charge in [-0.05, 0) is 0 Å². The Morgan fingerprint density at radius 1 is 1.23 bits per heavy atom. The second-order valence-corrected chi connectivity index (χ2v) is 3.09. The predicted octanol–water partition coefficient (Wildman–Crippen LogP) is 0.821. The quantitative estimate of drug-likeness (QED) is 0.776. The summed E-state index contributed by atoms with van der Waals surface area (Å²) in [5.41, 5.74) is 6.14. The molecule has 0 atom stereocenters. The summed E-state index contributed by atoms with van der Waals surface area (Å²) >= 11 is 5.69. The fourth-order valence-corrected chi connectivity index (χ4v) is 1.18. The van der Waals surface area contributed by atoms with Gasteiger partial charge in [-0.25, -0.2) is 9.36 Å². The normalized spacial score (nSPS) is 10.5. The summed E-state index contributed by atoms with van der Waals surface area (Å²) in [7, 11) is 0. The van der Waals surface area contributed by atoms with Crippen LogP contribution in [0.5, 0.6) is 0 Å². The summed E-state index contributed by atoms with van der Waals surface area (Å²) in [6.07, 6.45) is 6.62. The third-order valence-corrected chi connectivity index (χ3v) is 1.74. The van der Waals surface area contributed by atoms with Gasteiger partial charge in [-0.15, -0.1) is 0 Å². The molecule has 0 aliphatic heterocycles. The SMILES string of the molecule is Nc1cnn(Cn2cc(Cl)cn2)c1. The lowest BCUT2D eigenvalue weighted by atomic mass is 10.6. The second kappa shape index (κ2) is 3.10. The first kappa shape index (κ1) is 8.12. The highest BCUT2D eigenvalue weighted by Gasteiger charge is 1.97. The molecule has 2 heterocycles. The lowest BCUT2D eigenvalue weighted by Gasteiger charge is -1.99. The third-order valence-electron chi connectivity index (χ3n) is 1.54. The zero-order valence-corrected chi connectivity index (χ0v) is 7.52. The smallest absolute Gasteiger partial charge is 0.133 e. The molecule has 0 amide bonds. The first-order valence-corrected chi connectivity index (χ1v) is 4.08. The van der Waals surface area contributed by atoms with Crippen LogP contribution in [-0.4, -0.2) is 19.6 Å². The van der Waals surface area contributed by atoms with Crippen LogP contribution in [0.2, 0.25) is 5.02 Å². The van der Waals surface area contributed by atoms with E-state index < -0.39 is 0 Å². The average molecular weight is 198 g/mol. The Morgan fingerprint density at radius 3 is 2.46 bits per heavy atom. The van der Waals surface area contributed by atoms with Crippen LogP contribution in [0.15, 0.2) is 24.8 Å². The molecule has 13 heavy (non-hydrogen) atoms. The molecule has 2 aromatic heterocycles. The molecule has 0 saturated carbocycles. The van der Waals surface area contributed by atoms with E-state index in [1.807, 2.05) is 0 Å². The number of hydrogen-bond donors (Lipinski definition) is 1. The first-order chi connectivity index (χ1) is 6.24. The van der Waals surface area contributed by atoms with Crippen molar-refractivity contribution >= 4 is 17.3 Å². The largest absolute Gasteiger partial charge is 0.396 e. The average Bonchev–Trinajstić information content (AvgIpc) is 2.62. The van der Waals surface area contributed by atoms with Crippen molar-refractivity contribution in [3.8, 4) is 0 Å². The van der Waals surface area contributed by atoms with Crippen LogP contribution in [0.3, 0.4) is 0 Å². The standard InChI is InChI=1S/C7H8ClN5/c8-6-1-10-12(3-6)5-13-4-7(9)2-11-13/h1-4H,5,9H2. The van der Waals surface area contributed by atoms with Crippen molar-refractivity contribution in [3.05, 3.63) is 29.8 Å². The molecule has 0 aliphatic rings. The monoisotopic (exact) mass is 197 g/mol. The van der Waals surface area contributed by atoms with Gasteiger partial charge in [-0.2, -0.15) is 10.2 Å². The number of anilines is 1. The molecule has 68 valence electrons. The lowest BCUT2D eigenvalue weighted by Crippen LogP contribution is -2.08. The number of nitrogens with two attached hydrogens (primary N) is 1. The fourth-order valence-electron chi connectivity index (χ4n) is 1.02. The van der Waals surface area contributed by atoms with E-state index in [2.05, 4.69) is 10.2 Å². The summed E-state index contributed by atoms with van der Waals surface area (Å²) in [6, 6.07) is 0. The van der Waals surface area contributed by atoms with E-state index in [0.29, 0.717) is 17.4 Å². The molecular weight excluding hydrogens is 190 g/mol. The number of nitrogens with zero attached hydrogens (tertiary/aromatic N) is 4. The van der Waals surface area contributed by atoms with Crippen molar-refractivity contribution in [1.82, 2.24) is 19.6 Å². The summed E-state index contributed by atoms with van der Waals surface area (Å²) in [5.74, 6) is 0. The van der Waals surface area contributed by atoms with Gasteiger partial charge in [0.15, 0.2) is 0 Å². The Balaban J connectivity index is 2.14. The van der Waals surface area contributed by atoms with E-state index in [-0.39, 0.29) is 0 Å². The van der Waals surface area contributed by atoms with E-state index in [4.69, 9.17) is 17.3 Å². The van der Waals surface area contributed by atoms with Crippen LogP contribution in [0, 0.1) is 0 Å². The molecule has 2 N–H and O–H groups in total. The van der Waals surface area contributed by atoms with Crippen molar-refractivity contribution in [2.75, 3.05) is 5.73 Å². The summed E-state index contributed by atoms with van der Waals surface area (Å²) in [5, 5.41) is 8.62. The molecular formula is C7H8ClN5. The number of aromatic nitrogens is 4. The molecule has 0 spiro atoms. The van der Waals surface area contributed by atoms with Gasteiger partial charge in [0.25, 0.3) is 0 Å². The van der Waals surface area contributed by atoms with Gasteiger partial charge in [0.2, 0.25) is 0 Å². The van der Waals surface area contributed by atoms with Gasteiger partial charge in [0, 0.05) is 6.20 Å². The molecule has 0 aromatic carbocycles. The zero-order chi connectivity index (χ0) is 9.26. The Labute approximate surface area is 79.7 Å². The highest BCUT2D eigenvalue weighted by atomic mass is 35.5. The molecule has 2 rings (SSSR count). The minimum atomic E-state index is 0.518. The molecule has 5 nitrogen and oxygen atoms in total. The maximum Gasteiger partial charge on any atom is 0.133 e. The molecule has 0 saturated heterocycles. The van der Waals surface area contributed by atoms with Crippen molar-refractivity contribution in [2.24, 2.45) is 0 Å². The predicted molar refractivity (Wildman–Crippen MR) is 49.3 cm³/mol. The van der Waals surface area contributed by atoms with E-state index in [1.165, 1.54) is 0 Å². The maximum absolute atomic E-state index is 5.69. The van der Waals surface area contributed by atoms with E-state index in [9.17, 15) is 0 Å². The van der Waals surface area contributed by atoms with Gasteiger partial charge in [-0.3, -0.25) is 0 Å². The zero-order valence-electron chi connectivity index (χ0n) is 6.76. The third kappa shape index (κ3) is 1.81. The molecule has 0 unspecified atom stereocenters. The Hall–Kier alpha value is -1.49.